The molecule has 1 nitrogen and oxygen atoms in total. The second-order valence-corrected chi connectivity index (χ2v) is 4.52. The van der Waals surface area contributed by atoms with Gasteiger partial charge in [-0.05, 0) is 24.6 Å². The first-order chi connectivity index (χ1) is 6.18. The quantitative estimate of drug-likeness (QED) is 0.748. The van der Waals surface area contributed by atoms with Crippen molar-refractivity contribution in [2.45, 2.75) is 23.8 Å². The minimum atomic E-state index is -0.156. The molecular formula is C10H12FNS. The summed E-state index contributed by atoms with van der Waals surface area (Å²) >= 11 is 1.70. The van der Waals surface area contributed by atoms with E-state index >= 15 is 0 Å². The first kappa shape index (κ1) is 9.03. The number of benzene rings is 1. The van der Waals surface area contributed by atoms with E-state index in [2.05, 4.69) is 0 Å². The summed E-state index contributed by atoms with van der Waals surface area (Å²) in [5.74, 6) is 1.22. The molecule has 0 aromatic heterocycles. The summed E-state index contributed by atoms with van der Waals surface area (Å²) < 4.78 is 12.8. The van der Waals surface area contributed by atoms with Crippen molar-refractivity contribution in [3.8, 4) is 0 Å². The van der Waals surface area contributed by atoms with E-state index in [4.69, 9.17) is 5.73 Å². The fraction of sp³-hybridized carbons (Fsp3) is 0.400. The summed E-state index contributed by atoms with van der Waals surface area (Å²) in [4.78, 5) is 1.06. The lowest BCUT2D eigenvalue weighted by molar-refractivity contribution is 0.606. The van der Waals surface area contributed by atoms with Crippen molar-refractivity contribution >= 4 is 11.8 Å². The van der Waals surface area contributed by atoms with Crippen molar-refractivity contribution in [3.63, 3.8) is 0 Å². The molecule has 0 aliphatic carbocycles. The molecule has 0 bridgehead atoms. The zero-order valence-corrected chi connectivity index (χ0v) is 8.27. The summed E-state index contributed by atoms with van der Waals surface area (Å²) in [5.41, 5.74) is 7.05. The van der Waals surface area contributed by atoms with E-state index in [0.29, 0.717) is 5.92 Å². The van der Waals surface area contributed by atoms with Crippen molar-refractivity contribution in [1.82, 2.24) is 0 Å². The third-order valence-corrected chi connectivity index (χ3v) is 3.62. The van der Waals surface area contributed by atoms with Crippen LogP contribution in [0.25, 0.3) is 0 Å². The van der Waals surface area contributed by atoms with Gasteiger partial charge < -0.3 is 5.73 Å². The Morgan fingerprint density at radius 3 is 3.08 bits per heavy atom. The van der Waals surface area contributed by atoms with Crippen LogP contribution in [-0.4, -0.2) is 11.8 Å². The lowest BCUT2D eigenvalue weighted by Crippen LogP contribution is -2.24. The second kappa shape index (κ2) is 3.31. The third kappa shape index (κ3) is 1.58. The van der Waals surface area contributed by atoms with Crippen LogP contribution in [0, 0.1) is 5.82 Å². The highest BCUT2D eigenvalue weighted by molar-refractivity contribution is 7.99. The number of fused-ring (bicyclic) bond motifs is 1. The lowest BCUT2D eigenvalue weighted by atomic mass is 9.95. The lowest BCUT2D eigenvalue weighted by Gasteiger charge is -2.14. The highest BCUT2D eigenvalue weighted by atomic mass is 32.2. The molecule has 0 saturated heterocycles. The van der Waals surface area contributed by atoms with Crippen molar-refractivity contribution in [2.24, 2.45) is 5.73 Å². The first-order valence-corrected chi connectivity index (χ1v) is 5.35. The molecule has 0 saturated carbocycles. The Hall–Kier alpha value is -0.540. The van der Waals surface area contributed by atoms with E-state index in [1.807, 2.05) is 13.0 Å². The molecule has 1 aromatic carbocycles. The summed E-state index contributed by atoms with van der Waals surface area (Å²) in [5, 5.41) is 0. The molecule has 0 radical (unpaired) electrons. The average Bonchev–Trinajstić information content (AvgIpc) is 2.46. The standard InChI is InChI=1S/C10H12FNS/c1-6(12)9-5-13-10-4-7(11)2-3-8(9)10/h2-4,6,9H,5,12H2,1H3. The van der Waals surface area contributed by atoms with Gasteiger partial charge in [-0.2, -0.15) is 0 Å². The fourth-order valence-electron chi connectivity index (χ4n) is 1.64. The molecule has 1 aliphatic rings. The number of rotatable bonds is 1. The Morgan fingerprint density at radius 2 is 2.38 bits per heavy atom. The van der Waals surface area contributed by atoms with Crippen LogP contribution in [0.5, 0.6) is 0 Å². The van der Waals surface area contributed by atoms with Crippen molar-refractivity contribution in [3.05, 3.63) is 29.6 Å². The average molecular weight is 197 g/mol. The molecule has 2 N–H and O–H groups in total. The van der Waals surface area contributed by atoms with Crippen LogP contribution in [0.1, 0.15) is 18.4 Å². The van der Waals surface area contributed by atoms with Crippen LogP contribution in [0.4, 0.5) is 4.39 Å². The monoisotopic (exact) mass is 197 g/mol. The third-order valence-electron chi connectivity index (χ3n) is 2.43. The van der Waals surface area contributed by atoms with Gasteiger partial charge in [-0.25, -0.2) is 4.39 Å². The van der Waals surface area contributed by atoms with E-state index in [9.17, 15) is 4.39 Å². The van der Waals surface area contributed by atoms with Crippen molar-refractivity contribution in [2.75, 3.05) is 5.75 Å². The zero-order valence-electron chi connectivity index (χ0n) is 7.46. The van der Waals surface area contributed by atoms with Crippen molar-refractivity contribution in [1.29, 1.82) is 0 Å². The van der Waals surface area contributed by atoms with Gasteiger partial charge in [0.15, 0.2) is 0 Å². The molecule has 0 fully saturated rings. The van der Waals surface area contributed by atoms with Gasteiger partial charge in [-0.3, -0.25) is 0 Å². The van der Waals surface area contributed by atoms with E-state index in [1.165, 1.54) is 11.6 Å². The van der Waals surface area contributed by atoms with E-state index in [-0.39, 0.29) is 11.9 Å². The SMILES string of the molecule is CC(N)C1CSc2cc(F)ccc21. The smallest absolute Gasteiger partial charge is 0.124 e. The second-order valence-electron chi connectivity index (χ2n) is 3.46. The van der Waals surface area contributed by atoms with Crippen LogP contribution in [0.15, 0.2) is 23.1 Å². The maximum Gasteiger partial charge on any atom is 0.124 e. The Balaban J connectivity index is 2.38. The fourth-order valence-corrected chi connectivity index (χ4v) is 3.07. The zero-order chi connectivity index (χ0) is 9.42. The number of hydrogen-bond donors (Lipinski definition) is 1. The van der Waals surface area contributed by atoms with Crippen LogP contribution >= 0.6 is 11.8 Å². The first-order valence-electron chi connectivity index (χ1n) is 4.36. The van der Waals surface area contributed by atoms with Crippen LogP contribution in [0.2, 0.25) is 0 Å². The van der Waals surface area contributed by atoms with E-state index in [1.54, 1.807) is 17.8 Å². The Morgan fingerprint density at radius 1 is 1.62 bits per heavy atom. The molecule has 1 heterocycles. The van der Waals surface area contributed by atoms with Crippen molar-refractivity contribution < 1.29 is 4.39 Å². The van der Waals surface area contributed by atoms with Crippen LogP contribution < -0.4 is 5.73 Å². The van der Waals surface area contributed by atoms with Gasteiger partial charge in [0, 0.05) is 22.6 Å². The maximum absolute atomic E-state index is 12.8. The number of thioether (sulfide) groups is 1. The number of nitrogens with two attached hydrogens (primary N) is 1. The molecule has 2 rings (SSSR count). The molecule has 1 aromatic rings. The maximum atomic E-state index is 12.8. The molecule has 1 aliphatic heterocycles. The van der Waals surface area contributed by atoms with Gasteiger partial charge in [0.2, 0.25) is 0 Å². The predicted molar refractivity (Wildman–Crippen MR) is 53.5 cm³/mol. The summed E-state index contributed by atoms with van der Waals surface area (Å²) in [6, 6.07) is 5.13. The van der Waals surface area contributed by atoms with Gasteiger partial charge in [0.05, 0.1) is 0 Å². The Bertz CT molecular complexity index is 325. The summed E-state index contributed by atoms with van der Waals surface area (Å²) in [6.07, 6.45) is 0. The molecular weight excluding hydrogens is 185 g/mol. The van der Waals surface area contributed by atoms with Gasteiger partial charge in [0.25, 0.3) is 0 Å². The molecule has 0 amide bonds. The number of halogens is 1. The minimum absolute atomic E-state index is 0.152. The minimum Gasteiger partial charge on any atom is -0.327 e. The van der Waals surface area contributed by atoms with Gasteiger partial charge in [-0.1, -0.05) is 6.07 Å². The number of hydrogen-bond acceptors (Lipinski definition) is 2. The summed E-state index contributed by atoms with van der Waals surface area (Å²) in [6.45, 7) is 2.00. The largest absolute Gasteiger partial charge is 0.327 e. The molecule has 3 heteroatoms. The van der Waals surface area contributed by atoms with Crippen LogP contribution in [-0.2, 0) is 0 Å². The van der Waals surface area contributed by atoms with E-state index in [0.717, 1.165) is 10.6 Å². The normalized spacial score (nSPS) is 22.8. The molecule has 13 heavy (non-hydrogen) atoms. The summed E-state index contributed by atoms with van der Waals surface area (Å²) in [7, 11) is 0. The van der Waals surface area contributed by atoms with Gasteiger partial charge in [-0.15, -0.1) is 11.8 Å². The predicted octanol–water partition coefficient (Wildman–Crippen LogP) is 2.36. The topological polar surface area (TPSA) is 26.0 Å². The molecule has 0 spiro atoms. The van der Waals surface area contributed by atoms with Gasteiger partial charge >= 0.3 is 0 Å². The Kier molecular flexibility index (Phi) is 2.30. The highest BCUT2D eigenvalue weighted by Gasteiger charge is 2.25. The highest BCUT2D eigenvalue weighted by Crippen LogP contribution is 2.40. The Labute approximate surface area is 81.5 Å². The molecule has 2 unspecified atom stereocenters. The molecule has 70 valence electrons. The van der Waals surface area contributed by atoms with E-state index < -0.39 is 0 Å². The molecule has 2 atom stereocenters. The van der Waals surface area contributed by atoms with Gasteiger partial charge in [0.1, 0.15) is 5.82 Å². The van der Waals surface area contributed by atoms with Crippen LogP contribution in [0.3, 0.4) is 0 Å².